The van der Waals surface area contributed by atoms with Crippen LogP contribution >= 0.6 is 0 Å². The molecular formula is C16H21N3O2. The van der Waals surface area contributed by atoms with Crippen LogP contribution in [0, 0.1) is 33.8 Å². The van der Waals surface area contributed by atoms with Crippen LogP contribution in [0.5, 0.6) is 0 Å². The van der Waals surface area contributed by atoms with E-state index in [0.29, 0.717) is 6.04 Å². The van der Waals surface area contributed by atoms with Crippen molar-refractivity contribution in [3.05, 3.63) is 34.4 Å². The van der Waals surface area contributed by atoms with Crippen molar-refractivity contribution in [3.63, 3.8) is 0 Å². The Balaban J connectivity index is 1.39. The highest BCUT2D eigenvalue weighted by Gasteiger charge is 2.48. The summed E-state index contributed by atoms with van der Waals surface area (Å²) in [4.78, 5) is 10.3. The molecule has 4 aliphatic carbocycles. The summed E-state index contributed by atoms with van der Waals surface area (Å²) >= 11 is 0. The second-order valence-corrected chi connectivity index (χ2v) is 7.03. The standard InChI is InChI=1S/C16H21N3O2/c20-19(21)15-3-1-14(2-4-15)17-18-16-12-6-10-5-11(8-12)9-13(16)7-10/h1-4,10-13,16-18H,5-9H2. The molecule has 1 aromatic carbocycles. The Labute approximate surface area is 124 Å². The van der Waals surface area contributed by atoms with Gasteiger partial charge in [0, 0.05) is 23.9 Å². The van der Waals surface area contributed by atoms with Crippen LogP contribution in [0.4, 0.5) is 11.4 Å². The lowest BCUT2D eigenvalue weighted by molar-refractivity contribution is -0.384. The molecule has 0 aromatic heterocycles. The molecule has 0 unspecified atom stereocenters. The first kappa shape index (κ1) is 13.1. The Morgan fingerprint density at radius 3 is 2.05 bits per heavy atom. The van der Waals surface area contributed by atoms with Gasteiger partial charge in [0.05, 0.1) is 4.92 Å². The first-order chi connectivity index (χ1) is 10.2. The summed E-state index contributed by atoms with van der Waals surface area (Å²) in [6.07, 6.45) is 6.99. The third-order valence-corrected chi connectivity index (χ3v) is 5.69. The van der Waals surface area contributed by atoms with Gasteiger partial charge in [-0.15, -0.1) is 0 Å². The summed E-state index contributed by atoms with van der Waals surface area (Å²) < 4.78 is 0. The molecule has 2 N–H and O–H groups in total. The van der Waals surface area contributed by atoms with Crippen LogP contribution < -0.4 is 10.9 Å². The summed E-state index contributed by atoms with van der Waals surface area (Å²) in [6.45, 7) is 0. The number of hydrogen-bond acceptors (Lipinski definition) is 4. The van der Waals surface area contributed by atoms with Crippen molar-refractivity contribution in [2.24, 2.45) is 23.7 Å². The lowest BCUT2D eigenvalue weighted by Crippen LogP contribution is -2.55. The summed E-state index contributed by atoms with van der Waals surface area (Å²) in [6, 6.07) is 7.18. The molecule has 1 aromatic rings. The molecule has 0 atom stereocenters. The second-order valence-electron chi connectivity index (χ2n) is 7.03. The second kappa shape index (κ2) is 4.98. The topological polar surface area (TPSA) is 67.2 Å². The highest BCUT2D eigenvalue weighted by Crippen LogP contribution is 2.53. The number of hydrazine groups is 1. The van der Waals surface area contributed by atoms with E-state index in [1.54, 1.807) is 24.3 Å². The number of non-ortho nitro benzene ring substituents is 1. The number of anilines is 1. The van der Waals surface area contributed by atoms with E-state index in [0.717, 1.165) is 29.4 Å². The van der Waals surface area contributed by atoms with E-state index in [1.165, 1.54) is 32.1 Å². The average Bonchev–Trinajstić information content (AvgIpc) is 2.46. The fourth-order valence-electron chi connectivity index (χ4n) is 4.99. The van der Waals surface area contributed by atoms with E-state index >= 15 is 0 Å². The maximum absolute atomic E-state index is 10.7. The smallest absolute Gasteiger partial charge is 0.269 e. The van der Waals surface area contributed by atoms with Gasteiger partial charge in [-0.05, 0) is 67.9 Å². The molecule has 4 bridgehead atoms. The van der Waals surface area contributed by atoms with Gasteiger partial charge < -0.3 is 5.43 Å². The van der Waals surface area contributed by atoms with E-state index < -0.39 is 0 Å². The van der Waals surface area contributed by atoms with Gasteiger partial charge in [-0.3, -0.25) is 10.1 Å². The molecule has 4 saturated carbocycles. The van der Waals surface area contributed by atoms with Gasteiger partial charge in [0.1, 0.15) is 0 Å². The average molecular weight is 287 g/mol. The molecule has 5 rings (SSSR count). The minimum atomic E-state index is -0.366. The monoisotopic (exact) mass is 287 g/mol. The van der Waals surface area contributed by atoms with Crippen LogP contribution in [-0.4, -0.2) is 11.0 Å². The first-order valence-corrected chi connectivity index (χ1v) is 7.95. The van der Waals surface area contributed by atoms with Crippen LogP contribution in [0.3, 0.4) is 0 Å². The zero-order valence-electron chi connectivity index (χ0n) is 12.0. The van der Waals surface area contributed by atoms with Crippen LogP contribution in [0.1, 0.15) is 32.1 Å². The molecule has 21 heavy (non-hydrogen) atoms. The summed E-state index contributed by atoms with van der Waals surface area (Å²) in [5.41, 5.74) is 7.81. The highest BCUT2D eigenvalue weighted by atomic mass is 16.6. The highest BCUT2D eigenvalue weighted by molar-refractivity contribution is 5.47. The molecule has 4 fully saturated rings. The zero-order valence-corrected chi connectivity index (χ0v) is 12.0. The quantitative estimate of drug-likeness (QED) is 0.658. The van der Waals surface area contributed by atoms with Gasteiger partial charge >= 0.3 is 0 Å². The van der Waals surface area contributed by atoms with Crippen LogP contribution in [0.15, 0.2) is 24.3 Å². The summed E-state index contributed by atoms with van der Waals surface area (Å²) in [5, 5.41) is 10.7. The van der Waals surface area contributed by atoms with E-state index in [9.17, 15) is 10.1 Å². The molecule has 5 nitrogen and oxygen atoms in total. The third kappa shape index (κ3) is 2.39. The Bertz CT molecular complexity index is 515. The summed E-state index contributed by atoms with van der Waals surface area (Å²) in [7, 11) is 0. The molecular weight excluding hydrogens is 266 g/mol. The van der Waals surface area contributed by atoms with Crippen LogP contribution in [0.25, 0.3) is 0 Å². The SMILES string of the molecule is O=[N+]([O-])c1ccc(NNC2C3CC4CC(C3)CC2C4)cc1. The van der Waals surface area contributed by atoms with Crippen molar-refractivity contribution in [1.82, 2.24) is 5.43 Å². The molecule has 0 amide bonds. The maximum atomic E-state index is 10.7. The lowest BCUT2D eigenvalue weighted by atomic mass is 9.54. The fourth-order valence-corrected chi connectivity index (χ4v) is 4.99. The first-order valence-electron chi connectivity index (χ1n) is 7.95. The minimum absolute atomic E-state index is 0.134. The van der Waals surface area contributed by atoms with Gasteiger partial charge in [0.2, 0.25) is 0 Å². The number of hydrogen-bond donors (Lipinski definition) is 2. The molecule has 0 spiro atoms. The van der Waals surface area contributed by atoms with Crippen molar-refractivity contribution < 1.29 is 4.92 Å². The van der Waals surface area contributed by atoms with Gasteiger partial charge in [-0.2, -0.15) is 0 Å². The normalized spacial score (nSPS) is 36.7. The molecule has 4 aliphatic rings. The van der Waals surface area contributed by atoms with Gasteiger partial charge in [0.25, 0.3) is 5.69 Å². The summed E-state index contributed by atoms with van der Waals surface area (Å²) in [5.74, 6) is 3.58. The maximum Gasteiger partial charge on any atom is 0.269 e. The Hall–Kier alpha value is -1.62. The van der Waals surface area contributed by atoms with Gasteiger partial charge in [0.15, 0.2) is 0 Å². The number of nitrogens with one attached hydrogen (secondary N) is 2. The largest absolute Gasteiger partial charge is 0.321 e. The van der Waals surface area contributed by atoms with Crippen molar-refractivity contribution in [2.45, 2.75) is 38.1 Å². The molecule has 5 heteroatoms. The van der Waals surface area contributed by atoms with Crippen molar-refractivity contribution in [2.75, 3.05) is 5.43 Å². The number of nitrogens with zero attached hydrogens (tertiary/aromatic N) is 1. The van der Waals surface area contributed by atoms with Crippen molar-refractivity contribution in [1.29, 1.82) is 0 Å². The number of benzene rings is 1. The Morgan fingerprint density at radius 1 is 0.952 bits per heavy atom. The Kier molecular flexibility index (Phi) is 3.10. The predicted octanol–water partition coefficient (Wildman–Crippen LogP) is 3.34. The fraction of sp³-hybridized carbons (Fsp3) is 0.625. The molecule has 0 saturated heterocycles. The number of rotatable bonds is 4. The van der Waals surface area contributed by atoms with Crippen LogP contribution in [-0.2, 0) is 0 Å². The third-order valence-electron chi connectivity index (χ3n) is 5.69. The van der Waals surface area contributed by atoms with Crippen LogP contribution in [0.2, 0.25) is 0 Å². The van der Waals surface area contributed by atoms with E-state index in [2.05, 4.69) is 10.9 Å². The van der Waals surface area contributed by atoms with E-state index in [1.807, 2.05) is 0 Å². The van der Waals surface area contributed by atoms with E-state index in [4.69, 9.17) is 0 Å². The minimum Gasteiger partial charge on any atom is -0.321 e. The van der Waals surface area contributed by atoms with Crippen molar-refractivity contribution in [3.8, 4) is 0 Å². The van der Waals surface area contributed by atoms with Crippen molar-refractivity contribution >= 4 is 11.4 Å². The van der Waals surface area contributed by atoms with Gasteiger partial charge in [-0.25, -0.2) is 5.43 Å². The molecule has 0 heterocycles. The van der Waals surface area contributed by atoms with Gasteiger partial charge in [-0.1, -0.05) is 0 Å². The predicted molar refractivity (Wildman–Crippen MR) is 80.7 cm³/mol. The zero-order chi connectivity index (χ0) is 14.4. The molecule has 0 radical (unpaired) electrons. The molecule has 0 aliphatic heterocycles. The number of nitro groups is 1. The van der Waals surface area contributed by atoms with E-state index in [-0.39, 0.29) is 10.6 Å². The molecule has 112 valence electrons. The Morgan fingerprint density at radius 2 is 1.52 bits per heavy atom. The number of nitro benzene ring substituents is 1. The lowest BCUT2D eigenvalue weighted by Gasteiger charge is -2.54.